The van der Waals surface area contributed by atoms with E-state index in [4.69, 9.17) is 11.6 Å². The third kappa shape index (κ3) is 3.59. The highest BCUT2D eigenvalue weighted by Gasteiger charge is 2.24. The van der Waals surface area contributed by atoms with Crippen LogP contribution in [0.1, 0.15) is 25.7 Å². The second kappa shape index (κ2) is 7.14. The van der Waals surface area contributed by atoms with Crippen LogP contribution in [0.5, 0.6) is 0 Å². The molecule has 5 rings (SSSR count). The Balaban J connectivity index is 1.36. The molecule has 0 atom stereocenters. The van der Waals surface area contributed by atoms with Crippen molar-refractivity contribution in [3.8, 4) is 0 Å². The second-order valence-corrected chi connectivity index (χ2v) is 7.97. The van der Waals surface area contributed by atoms with Crippen molar-refractivity contribution >= 4 is 45.8 Å². The Morgan fingerprint density at radius 3 is 2.54 bits per heavy atom. The third-order valence-electron chi connectivity index (χ3n) is 5.35. The lowest BCUT2D eigenvalue weighted by Gasteiger charge is -2.31. The maximum Gasteiger partial charge on any atom is 0.229 e. The minimum atomic E-state index is -0.164. The van der Waals surface area contributed by atoms with Crippen LogP contribution in [0.15, 0.2) is 30.5 Å². The number of hydrogen-bond donors (Lipinski definition) is 4. The molecule has 7 nitrogen and oxygen atoms in total. The number of anilines is 4. The largest absolute Gasteiger partial charge is 0.393 e. The molecule has 146 valence electrons. The molecule has 0 unspecified atom stereocenters. The van der Waals surface area contributed by atoms with Crippen LogP contribution in [0.4, 0.5) is 23.1 Å². The van der Waals surface area contributed by atoms with Crippen LogP contribution in [-0.2, 0) is 0 Å². The molecule has 1 aliphatic heterocycles. The van der Waals surface area contributed by atoms with Crippen LogP contribution in [0, 0.1) is 0 Å². The number of aromatic nitrogens is 3. The van der Waals surface area contributed by atoms with Crippen LogP contribution in [0.2, 0.25) is 5.02 Å². The highest BCUT2D eigenvalue weighted by Crippen LogP contribution is 2.32. The van der Waals surface area contributed by atoms with Gasteiger partial charge in [-0.05, 0) is 49.9 Å². The predicted octanol–water partition coefficient (Wildman–Crippen LogP) is 3.89. The molecule has 3 aromatic rings. The van der Waals surface area contributed by atoms with Crippen molar-refractivity contribution < 1.29 is 5.11 Å². The molecule has 0 spiro atoms. The van der Waals surface area contributed by atoms with E-state index in [9.17, 15) is 5.11 Å². The fourth-order valence-electron chi connectivity index (χ4n) is 3.56. The molecule has 28 heavy (non-hydrogen) atoms. The Hall–Kier alpha value is -2.51. The summed E-state index contributed by atoms with van der Waals surface area (Å²) in [5, 5.41) is 17.0. The summed E-state index contributed by atoms with van der Waals surface area (Å²) < 4.78 is 0. The Labute approximate surface area is 168 Å². The van der Waals surface area contributed by atoms with E-state index in [2.05, 4.69) is 42.6 Å². The standard InChI is InChI=1S/C20H23ClN6O/c21-16-11-22-18-17(16)25-20(26-19(18)23-12-1-2-12)24-13-3-5-14(6-4-13)27-9-7-15(28)8-10-27/h3-6,11-12,15,22,28H,1-2,7-10H2,(H2,23,24,25,26). The molecule has 1 saturated carbocycles. The highest BCUT2D eigenvalue weighted by atomic mass is 35.5. The van der Waals surface area contributed by atoms with Crippen molar-refractivity contribution in [2.75, 3.05) is 28.6 Å². The van der Waals surface area contributed by atoms with Gasteiger partial charge in [-0.15, -0.1) is 0 Å². The number of benzene rings is 1. The summed E-state index contributed by atoms with van der Waals surface area (Å²) >= 11 is 6.29. The third-order valence-corrected chi connectivity index (χ3v) is 5.64. The molecule has 4 N–H and O–H groups in total. The maximum atomic E-state index is 9.67. The lowest BCUT2D eigenvalue weighted by atomic mass is 10.1. The molecule has 8 heteroatoms. The smallest absolute Gasteiger partial charge is 0.229 e. The van der Waals surface area contributed by atoms with Crippen molar-refractivity contribution in [1.29, 1.82) is 0 Å². The Morgan fingerprint density at radius 2 is 1.82 bits per heavy atom. The maximum absolute atomic E-state index is 9.67. The van der Waals surface area contributed by atoms with Gasteiger partial charge in [0, 0.05) is 36.7 Å². The number of hydrogen-bond acceptors (Lipinski definition) is 6. The van der Waals surface area contributed by atoms with Gasteiger partial charge in [-0.1, -0.05) is 11.6 Å². The zero-order valence-corrected chi connectivity index (χ0v) is 16.2. The van der Waals surface area contributed by atoms with E-state index >= 15 is 0 Å². The molecule has 0 radical (unpaired) electrons. The molecule has 1 saturated heterocycles. The minimum Gasteiger partial charge on any atom is -0.393 e. The summed E-state index contributed by atoms with van der Waals surface area (Å²) in [6.45, 7) is 1.77. The van der Waals surface area contributed by atoms with Gasteiger partial charge < -0.3 is 25.6 Å². The van der Waals surface area contributed by atoms with Gasteiger partial charge in [0.2, 0.25) is 5.95 Å². The predicted molar refractivity (Wildman–Crippen MR) is 113 cm³/mol. The summed E-state index contributed by atoms with van der Waals surface area (Å²) in [5.41, 5.74) is 3.64. The normalized spacial score (nSPS) is 17.9. The Kier molecular flexibility index (Phi) is 4.49. The fourth-order valence-corrected chi connectivity index (χ4v) is 3.76. The topological polar surface area (TPSA) is 89.1 Å². The van der Waals surface area contributed by atoms with Gasteiger partial charge >= 0.3 is 0 Å². The number of aliphatic hydroxyl groups is 1. The van der Waals surface area contributed by atoms with Crippen molar-refractivity contribution in [2.45, 2.75) is 37.8 Å². The lowest BCUT2D eigenvalue weighted by Crippen LogP contribution is -2.35. The first-order valence-electron chi connectivity index (χ1n) is 9.77. The lowest BCUT2D eigenvalue weighted by molar-refractivity contribution is 0.145. The fraction of sp³-hybridized carbons (Fsp3) is 0.400. The SMILES string of the molecule is OC1CCN(c2ccc(Nc3nc(NC4CC4)c4[nH]cc(Cl)c4n3)cc2)CC1. The Bertz CT molecular complexity index is 976. The molecule has 0 bridgehead atoms. The van der Waals surface area contributed by atoms with E-state index in [0.29, 0.717) is 22.5 Å². The van der Waals surface area contributed by atoms with Crippen LogP contribution >= 0.6 is 11.6 Å². The van der Waals surface area contributed by atoms with Crippen LogP contribution in [0.3, 0.4) is 0 Å². The van der Waals surface area contributed by atoms with Crippen LogP contribution in [-0.4, -0.2) is 45.3 Å². The quantitative estimate of drug-likeness (QED) is 0.521. The summed E-state index contributed by atoms with van der Waals surface area (Å²) in [6, 6.07) is 8.72. The van der Waals surface area contributed by atoms with Crippen molar-refractivity contribution in [3.63, 3.8) is 0 Å². The van der Waals surface area contributed by atoms with E-state index in [1.165, 1.54) is 5.69 Å². The number of H-pyrrole nitrogens is 1. The number of aromatic amines is 1. The average molecular weight is 399 g/mol. The van der Waals surface area contributed by atoms with E-state index in [-0.39, 0.29) is 6.10 Å². The molecule has 2 aromatic heterocycles. The van der Waals surface area contributed by atoms with E-state index in [1.807, 2.05) is 12.1 Å². The summed E-state index contributed by atoms with van der Waals surface area (Å²) in [6.07, 6.45) is 5.55. The first-order chi connectivity index (χ1) is 13.7. The zero-order chi connectivity index (χ0) is 19.1. The van der Waals surface area contributed by atoms with Gasteiger partial charge in [-0.2, -0.15) is 4.98 Å². The van der Waals surface area contributed by atoms with Crippen molar-refractivity contribution in [3.05, 3.63) is 35.5 Å². The molecule has 2 aliphatic rings. The molecular weight excluding hydrogens is 376 g/mol. The number of nitrogens with zero attached hydrogens (tertiary/aromatic N) is 3. The number of halogens is 1. The molecule has 0 amide bonds. The van der Waals surface area contributed by atoms with Gasteiger partial charge in [0.25, 0.3) is 0 Å². The van der Waals surface area contributed by atoms with Gasteiger partial charge in [-0.3, -0.25) is 0 Å². The summed E-state index contributed by atoms with van der Waals surface area (Å²) in [5.74, 6) is 1.30. The summed E-state index contributed by atoms with van der Waals surface area (Å²) in [7, 11) is 0. The number of piperidine rings is 1. The van der Waals surface area contributed by atoms with E-state index in [0.717, 1.165) is 55.8 Å². The molecule has 3 heterocycles. The molecule has 1 aliphatic carbocycles. The van der Waals surface area contributed by atoms with Crippen molar-refractivity contribution in [2.24, 2.45) is 0 Å². The number of aliphatic hydroxyl groups excluding tert-OH is 1. The van der Waals surface area contributed by atoms with Gasteiger partial charge in [0.05, 0.1) is 11.1 Å². The van der Waals surface area contributed by atoms with Gasteiger partial charge in [0.15, 0.2) is 5.82 Å². The molecule has 1 aromatic carbocycles. The summed E-state index contributed by atoms with van der Waals surface area (Å²) in [4.78, 5) is 14.7. The first kappa shape index (κ1) is 17.6. The molecule has 2 fully saturated rings. The van der Waals surface area contributed by atoms with E-state index in [1.54, 1.807) is 6.20 Å². The second-order valence-electron chi connectivity index (χ2n) is 7.56. The number of fused-ring (bicyclic) bond motifs is 1. The highest BCUT2D eigenvalue weighted by molar-refractivity contribution is 6.35. The van der Waals surface area contributed by atoms with Crippen LogP contribution < -0.4 is 15.5 Å². The molecular formula is C20H23ClN6O. The number of nitrogens with one attached hydrogen (secondary N) is 3. The minimum absolute atomic E-state index is 0.164. The number of rotatable bonds is 5. The first-order valence-corrected chi connectivity index (χ1v) is 10.1. The van der Waals surface area contributed by atoms with Crippen LogP contribution in [0.25, 0.3) is 11.0 Å². The van der Waals surface area contributed by atoms with Gasteiger partial charge in [0.1, 0.15) is 11.0 Å². The van der Waals surface area contributed by atoms with E-state index < -0.39 is 0 Å². The van der Waals surface area contributed by atoms with Gasteiger partial charge in [-0.25, -0.2) is 4.98 Å². The average Bonchev–Trinajstić information content (AvgIpc) is 3.44. The Morgan fingerprint density at radius 1 is 1.07 bits per heavy atom. The zero-order valence-electron chi connectivity index (χ0n) is 15.5. The monoisotopic (exact) mass is 398 g/mol. The van der Waals surface area contributed by atoms with Crippen molar-refractivity contribution in [1.82, 2.24) is 15.0 Å².